The predicted octanol–water partition coefficient (Wildman–Crippen LogP) is 3.36. The molecule has 0 fully saturated rings. The molecule has 1 N–H and O–H groups in total. The molecular weight excluding hydrogens is 264 g/mol. The van der Waals surface area contributed by atoms with Crippen LogP contribution in [0, 0.1) is 6.92 Å². The lowest BCUT2D eigenvalue weighted by Gasteiger charge is -2.08. The Morgan fingerprint density at radius 1 is 1.44 bits per heavy atom. The normalized spacial score (nSPS) is 10.6. The Bertz CT molecular complexity index is 498. The van der Waals surface area contributed by atoms with Crippen LogP contribution in [0.25, 0.3) is 0 Å². The van der Waals surface area contributed by atoms with Gasteiger partial charge in [-0.05, 0) is 30.9 Å². The van der Waals surface area contributed by atoms with Crippen molar-refractivity contribution in [1.29, 1.82) is 0 Å². The second-order valence-corrected chi connectivity index (χ2v) is 5.81. The molecule has 0 aliphatic carbocycles. The highest BCUT2D eigenvalue weighted by Crippen LogP contribution is 2.26. The van der Waals surface area contributed by atoms with Crippen molar-refractivity contribution in [3.05, 3.63) is 29.7 Å². The number of hydrogen-bond donors (Lipinski definition) is 1. The van der Waals surface area contributed by atoms with E-state index in [0.29, 0.717) is 0 Å². The Labute approximate surface area is 115 Å². The summed E-state index contributed by atoms with van der Waals surface area (Å²) in [7, 11) is 0. The molecule has 6 heteroatoms. The first-order valence-corrected chi connectivity index (χ1v) is 7.66. The second kappa shape index (κ2) is 6.70. The van der Waals surface area contributed by atoms with Gasteiger partial charge in [-0.2, -0.15) is 4.37 Å². The highest BCUT2D eigenvalue weighted by molar-refractivity contribution is 8.00. The van der Waals surface area contributed by atoms with Crippen LogP contribution in [0.2, 0.25) is 0 Å². The van der Waals surface area contributed by atoms with Crippen LogP contribution in [-0.4, -0.2) is 20.9 Å². The molecule has 0 atom stereocenters. The number of nitrogens with one attached hydrogen (secondary N) is 1. The van der Waals surface area contributed by atoms with Gasteiger partial charge < -0.3 is 5.32 Å². The molecule has 0 amide bonds. The lowest BCUT2D eigenvalue weighted by Crippen LogP contribution is -2.04. The van der Waals surface area contributed by atoms with Crippen LogP contribution in [0.15, 0.2) is 22.7 Å². The van der Waals surface area contributed by atoms with E-state index in [-0.39, 0.29) is 0 Å². The van der Waals surface area contributed by atoms with Crippen molar-refractivity contribution < 1.29 is 0 Å². The quantitative estimate of drug-likeness (QED) is 0.822. The summed E-state index contributed by atoms with van der Waals surface area (Å²) >= 11 is 3.16. The number of pyridine rings is 1. The summed E-state index contributed by atoms with van der Waals surface area (Å²) in [5.41, 5.74) is 1.21. The smallest absolute Gasteiger partial charge is 0.170 e. The number of thioether (sulfide) groups is 1. The summed E-state index contributed by atoms with van der Waals surface area (Å²) in [4.78, 5) is 8.72. The van der Waals surface area contributed by atoms with Crippen molar-refractivity contribution in [2.75, 3.05) is 11.9 Å². The van der Waals surface area contributed by atoms with Crippen molar-refractivity contribution in [2.24, 2.45) is 0 Å². The monoisotopic (exact) mass is 280 g/mol. The molecule has 0 spiro atoms. The number of aromatic nitrogens is 3. The Balaban J connectivity index is 1.99. The maximum atomic E-state index is 4.38. The minimum Gasteiger partial charge on any atom is -0.370 e. The first-order valence-electron chi connectivity index (χ1n) is 5.90. The molecule has 2 rings (SSSR count). The molecule has 0 aliphatic rings. The Kier molecular flexibility index (Phi) is 4.95. The Morgan fingerprint density at radius 3 is 3.06 bits per heavy atom. The molecule has 2 aromatic heterocycles. The summed E-state index contributed by atoms with van der Waals surface area (Å²) in [6.07, 6.45) is 2.92. The fourth-order valence-corrected chi connectivity index (χ4v) is 3.07. The van der Waals surface area contributed by atoms with Crippen LogP contribution < -0.4 is 5.32 Å². The van der Waals surface area contributed by atoms with Crippen LogP contribution in [0.3, 0.4) is 0 Å². The summed E-state index contributed by atoms with van der Waals surface area (Å²) in [6.45, 7) is 5.01. The van der Waals surface area contributed by atoms with Gasteiger partial charge in [0, 0.05) is 24.1 Å². The zero-order valence-electron chi connectivity index (χ0n) is 10.5. The van der Waals surface area contributed by atoms with Crippen molar-refractivity contribution >= 4 is 29.1 Å². The third kappa shape index (κ3) is 3.68. The molecule has 0 aromatic carbocycles. The second-order valence-electron chi connectivity index (χ2n) is 3.83. The van der Waals surface area contributed by atoms with E-state index in [1.165, 1.54) is 17.1 Å². The van der Waals surface area contributed by atoms with Gasteiger partial charge in [-0.25, -0.2) is 9.97 Å². The molecule has 96 valence electrons. The van der Waals surface area contributed by atoms with E-state index in [1.807, 2.05) is 19.2 Å². The molecule has 0 bridgehead atoms. The summed E-state index contributed by atoms with van der Waals surface area (Å²) in [5, 5.41) is 3.35. The fourth-order valence-electron chi connectivity index (χ4n) is 1.43. The largest absolute Gasteiger partial charge is 0.370 e. The molecule has 2 heterocycles. The average Bonchev–Trinajstić information content (AvgIpc) is 2.81. The van der Waals surface area contributed by atoms with Gasteiger partial charge in [0.15, 0.2) is 4.34 Å². The van der Waals surface area contributed by atoms with Gasteiger partial charge in [0.1, 0.15) is 11.6 Å². The third-order valence-corrected chi connectivity index (χ3v) is 4.27. The first-order chi connectivity index (χ1) is 8.79. The third-order valence-electron chi connectivity index (χ3n) is 2.29. The number of rotatable bonds is 6. The van der Waals surface area contributed by atoms with Crippen LogP contribution in [0.1, 0.15) is 24.7 Å². The molecule has 0 saturated carbocycles. The zero-order chi connectivity index (χ0) is 12.8. The number of aryl methyl sites for hydroxylation is 1. The van der Waals surface area contributed by atoms with E-state index in [2.05, 4.69) is 32.6 Å². The van der Waals surface area contributed by atoms with E-state index in [1.54, 1.807) is 11.8 Å². The average molecular weight is 280 g/mol. The lowest BCUT2D eigenvalue weighted by molar-refractivity contribution is 0.965. The molecule has 0 aliphatic heterocycles. The van der Waals surface area contributed by atoms with Crippen molar-refractivity contribution in [2.45, 2.75) is 30.4 Å². The molecule has 0 unspecified atom stereocenters. The van der Waals surface area contributed by atoms with Gasteiger partial charge in [0.2, 0.25) is 0 Å². The van der Waals surface area contributed by atoms with Gasteiger partial charge in [0.25, 0.3) is 0 Å². The number of nitrogens with zero attached hydrogens (tertiary/aromatic N) is 3. The molecule has 4 nitrogen and oxygen atoms in total. The SMILES string of the molecule is CCCNc1ncccc1CSc1nc(C)ns1. The van der Waals surface area contributed by atoms with E-state index < -0.39 is 0 Å². The molecule has 18 heavy (non-hydrogen) atoms. The van der Waals surface area contributed by atoms with Crippen LogP contribution >= 0.6 is 23.3 Å². The van der Waals surface area contributed by atoms with Gasteiger partial charge in [-0.3, -0.25) is 0 Å². The van der Waals surface area contributed by atoms with E-state index in [0.717, 1.165) is 34.7 Å². The predicted molar refractivity (Wildman–Crippen MR) is 77.2 cm³/mol. The molecule has 0 saturated heterocycles. The lowest BCUT2D eigenvalue weighted by atomic mass is 10.3. The number of hydrogen-bond acceptors (Lipinski definition) is 6. The van der Waals surface area contributed by atoms with Crippen molar-refractivity contribution in [1.82, 2.24) is 14.3 Å². The van der Waals surface area contributed by atoms with Gasteiger partial charge >= 0.3 is 0 Å². The van der Waals surface area contributed by atoms with Gasteiger partial charge in [0.05, 0.1) is 0 Å². The zero-order valence-corrected chi connectivity index (χ0v) is 12.1. The van der Waals surface area contributed by atoms with Gasteiger partial charge in [-0.15, -0.1) is 0 Å². The van der Waals surface area contributed by atoms with Crippen molar-refractivity contribution in [3.63, 3.8) is 0 Å². The van der Waals surface area contributed by atoms with Crippen LogP contribution in [0.5, 0.6) is 0 Å². The van der Waals surface area contributed by atoms with Crippen LogP contribution in [0.4, 0.5) is 5.82 Å². The van der Waals surface area contributed by atoms with Gasteiger partial charge in [-0.1, -0.05) is 24.8 Å². The van der Waals surface area contributed by atoms with E-state index in [9.17, 15) is 0 Å². The highest BCUT2D eigenvalue weighted by atomic mass is 32.2. The molecule has 2 aromatic rings. The topological polar surface area (TPSA) is 50.7 Å². The summed E-state index contributed by atoms with van der Waals surface area (Å²) in [5.74, 6) is 2.69. The highest BCUT2D eigenvalue weighted by Gasteiger charge is 2.06. The standard InChI is InChI=1S/C12H16N4S2/c1-3-6-13-11-10(5-4-7-14-11)8-17-12-15-9(2)16-18-12/h4-5,7H,3,6,8H2,1-2H3,(H,13,14). The minimum atomic E-state index is 0.845. The summed E-state index contributed by atoms with van der Waals surface area (Å²) < 4.78 is 5.19. The minimum absolute atomic E-state index is 0.845. The van der Waals surface area contributed by atoms with Crippen molar-refractivity contribution in [3.8, 4) is 0 Å². The first kappa shape index (κ1) is 13.3. The van der Waals surface area contributed by atoms with E-state index >= 15 is 0 Å². The summed E-state index contributed by atoms with van der Waals surface area (Å²) in [6, 6.07) is 4.07. The Morgan fingerprint density at radius 2 is 2.33 bits per heavy atom. The molecule has 0 radical (unpaired) electrons. The maximum absolute atomic E-state index is 4.38. The van der Waals surface area contributed by atoms with E-state index in [4.69, 9.17) is 0 Å². The molecular formula is C12H16N4S2. The fraction of sp³-hybridized carbons (Fsp3) is 0.417. The van der Waals surface area contributed by atoms with Crippen LogP contribution in [-0.2, 0) is 5.75 Å². The maximum Gasteiger partial charge on any atom is 0.170 e. The Hall–Kier alpha value is -1.14. The number of anilines is 1.